The standard InChI is InChI=1S/C14H17F4N/c15-11-8-4-7-10(12(11)14(16,17)18)13(19)9-5-2-1-3-6-9/h4,7-9,13H,1-3,5-6,19H2/t13-/m1/s1. The van der Waals surface area contributed by atoms with Gasteiger partial charge in [-0.2, -0.15) is 13.2 Å². The van der Waals surface area contributed by atoms with E-state index >= 15 is 0 Å². The highest BCUT2D eigenvalue weighted by atomic mass is 19.4. The van der Waals surface area contributed by atoms with Gasteiger partial charge in [-0.3, -0.25) is 0 Å². The van der Waals surface area contributed by atoms with Crippen LogP contribution in [-0.2, 0) is 6.18 Å². The summed E-state index contributed by atoms with van der Waals surface area (Å²) in [5, 5.41) is 0. The Morgan fingerprint density at radius 3 is 2.32 bits per heavy atom. The number of nitrogens with two attached hydrogens (primary N) is 1. The first-order valence-corrected chi connectivity index (χ1v) is 6.52. The molecule has 0 aromatic heterocycles. The molecule has 1 saturated carbocycles. The maximum Gasteiger partial charge on any atom is 0.419 e. The fourth-order valence-electron chi connectivity index (χ4n) is 2.86. The van der Waals surface area contributed by atoms with Crippen LogP contribution in [0.1, 0.15) is 49.3 Å². The van der Waals surface area contributed by atoms with Crippen LogP contribution < -0.4 is 5.73 Å². The molecule has 0 unspecified atom stereocenters. The van der Waals surface area contributed by atoms with Crippen molar-refractivity contribution in [2.45, 2.75) is 44.3 Å². The molecule has 1 aromatic carbocycles. The summed E-state index contributed by atoms with van der Waals surface area (Å²) in [5.41, 5.74) is 4.66. The molecule has 1 nitrogen and oxygen atoms in total. The van der Waals surface area contributed by atoms with E-state index in [-0.39, 0.29) is 11.5 Å². The zero-order valence-electron chi connectivity index (χ0n) is 10.5. The molecule has 0 bridgehead atoms. The predicted molar refractivity (Wildman–Crippen MR) is 64.9 cm³/mol. The highest BCUT2D eigenvalue weighted by Crippen LogP contribution is 2.40. The lowest BCUT2D eigenvalue weighted by Crippen LogP contribution is -2.27. The van der Waals surface area contributed by atoms with Crippen LogP contribution in [0.3, 0.4) is 0 Å². The van der Waals surface area contributed by atoms with E-state index in [4.69, 9.17) is 5.73 Å². The fourth-order valence-corrected chi connectivity index (χ4v) is 2.86. The maximum absolute atomic E-state index is 13.5. The molecule has 1 aliphatic rings. The first-order chi connectivity index (χ1) is 8.91. The summed E-state index contributed by atoms with van der Waals surface area (Å²) in [6.07, 6.45) is -0.0144. The van der Waals surface area contributed by atoms with Gasteiger partial charge in [0.2, 0.25) is 0 Å². The molecule has 1 aromatic rings. The molecule has 0 aliphatic heterocycles. The Kier molecular flexibility index (Phi) is 4.13. The fraction of sp³-hybridized carbons (Fsp3) is 0.571. The van der Waals surface area contributed by atoms with Gasteiger partial charge in [0.15, 0.2) is 0 Å². The summed E-state index contributed by atoms with van der Waals surface area (Å²) >= 11 is 0. The molecule has 0 radical (unpaired) electrons. The van der Waals surface area contributed by atoms with Crippen LogP contribution in [0.25, 0.3) is 0 Å². The van der Waals surface area contributed by atoms with Crippen LogP contribution in [-0.4, -0.2) is 0 Å². The topological polar surface area (TPSA) is 26.0 Å². The second-order valence-corrected chi connectivity index (χ2v) is 5.13. The van der Waals surface area contributed by atoms with Crippen molar-refractivity contribution < 1.29 is 17.6 Å². The minimum Gasteiger partial charge on any atom is -0.324 e. The Bertz CT molecular complexity index is 436. The molecule has 2 N–H and O–H groups in total. The van der Waals surface area contributed by atoms with Crippen molar-refractivity contribution in [1.82, 2.24) is 0 Å². The van der Waals surface area contributed by atoms with Gasteiger partial charge in [-0.25, -0.2) is 4.39 Å². The van der Waals surface area contributed by atoms with Crippen molar-refractivity contribution in [3.63, 3.8) is 0 Å². The summed E-state index contributed by atoms with van der Waals surface area (Å²) in [4.78, 5) is 0. The molecule has 0 heterocycles. The normalized spacial score (nSPS) is 19.4. The van der Waals surface area contributed by atoms with Crippen LogP contribution in [0.2, 0.25) is 0 Å². The third-order valence-corrected chi connectivity index (χ3v) is 3.85. The first kappa shape index (κ1) is 14.3. The summed E-state index contributed by atoms with van der Waals surface area (Å²) < 4.78 is 52.3. The van der Waals surface area contributed by atoms with E-state index in [2.05, 4.69) is 0 Å². The van der Waals surface area contributed by atoms with Crippen molar-refractivity contribution in [2.24, 2.45) is 11.7 Å². The van der Waals surface area contributed by atoms with Gasteiger partial charge in [0.1, 0.15) is 5.82 Å². The molecule has 0 spiro atoms. The second-order valence-electron chi connectivity index (χ2n) is 5.13. The predicted octanol–water partition coefficient (Wildman–Crippen LogP) is 4.42. The highest BCUT2D eigenvalue weighted by molar-refractivity contribution is 5.34. The van der Waals surface area contributed by atoms with Crippen molar-refractivity contribution in [3.05, 3.63) is 35.1 Å². The van der Waals surface area contributed by atoms with Crippen molar-refractivity contribution in [3.8, 4) is 0 Å². The van der Waals surface area contributed by atoms with Gasteiger partial charge >= 0.3 is 6.18 Å². The number of benzene rings is 1. The largest absolute Gasteiger partial charge is 0.419 e. The minimum atomic E-state index is -4.70. The molecular weight excluding hydrogens is 258 g/mol. The quantitative estimate of drug-likeness (QED) is 0.794. The summed E-state index contributed by atoms with van der Waals surface area (Å²) in [6, 6.07) is 2.68. The number of halogens is 4. The number of hydrogen-bond acceptors (Lipinski definition) is 1. The number of alkyl halides is 3. The molecule has 0 saturated heterocycles. The monoisotopic (exact) mass is 275 g/mol. The van der Waals surface area contributed by atoms with Crippen LogP contribution in [0.15, 0.2) is 18.2 Å². The van der Waals surface area contributed by atoms with Gasteiger partial charge in [0.25, 0.3) is 0 Å². The van der Waals surface area contributed by atoms with E-state index < -0.39 is 23.6 Å². The molecule has 1 atom stereocenters. The second kappa shape index (κ2) is 5.49. The summed E-state index contributed by atoms with van der Waals surface area (Å²) in [7, 11) is 0. The molecule has 0 amide bonds. The van der Waals surface area contributed by atoms with E-state index in [1.807, 2.05) is 0 Å². The Morgan fingerprint density at radius 2 is 1.74 bits per heavy atom. The van der Waals surface area contributed by atoms with E-state index in [1.165, 1.54) is 12.1 Å². The van der Waals surface area contributed by atoms with E-state index in [1.54, 1.807) is 0 Å². The zero-order chi connectivity index (χ0) is 14.0. The smallest absolute Gasteiger partial charge is 0.324 e. The lowest BCUT2D eigenvalue weighted by molar-refractivity contribution is -0.141. The molecule has 19 heavy (non-hydrogen) atoms. The molecule has 1 fully saturated rings. The average molecular weight is 275 g/mol. The lowest BCUT2D eigenvalue weighted by Gasteiger charge is -2.29. The molecule has 1 aliphatic carbocycles. The highest BCUT2D eigenvalue weighted by Gasteiger charge is 2.39. The van der Waals surface area contributed by atoms with E-state index in [0.29, 0.717) is 0 Å². The Balaban J connectivity index is 2.35. The number of rotatable bonds is 2. The van der Waals surface area contributed by atoms with Crippen molar-refractivity contribution in [2.75, 3.05) is 0 Å². The Labute approximate surface area is 109 Å². The summed E-state index contributed by atoms with van der Waals surface area (Å²) in [6.45, 7) is 0. The van der Waals surface area contributed by atoms with Crippen LogP contribution in [0.5, 0.6) is 0 Å². The molecule has 2 rings (SSSR count). The third-order valence-electron chi connectivity index (χ3n) is 3.85. The average Bonchev–Trinajstić information content (AvgIpc) is 2.37. The Morgan fingerprint density at radius 1 is 1.11 bits per heavy atom. The van der Waals surface area contributed by atoms with Crippen LogP contribution in [0, 0.1) is 11.7 Å². The lowest BCUT2D eigenvalue weighted by atomic mass is 9.80. The maximum atomic E-state index is 13.5. The Hall–Kier alpha value is -1.10. The van der Waals surface area contributed by atoms with E-state index in [9.17, 15) is 17.6 Å². The van der Waals surface area contributed by atoms with Crippen LogP contribution in [0.4, 0.5) is 17.6 Å². The SMILES string of the molecule is N[C@@H](c1cccc(F)c1C(F)(F)F)C1CCCCC1. The third kappa shape index (κ3) is 3.08. The van der Waals surface area contributed by atoms with Crippen molar-refractivity contribution >= 4 is 0 Å². The minimum absolute atomic E-state index is 0.0108. The number of hydrogen-bond donors (Lipinski definition) is 1. The van der Waals surface area contributed by atoms with Crippen LogP contribution >= 0.6 is 0 Å². The van der Waals surface area contributed by atoms with Gasteiger partial charge in [0.05, 0.1) is 5.56 Å². The van der Waals surface area contributed by atoms with E-state index in [0.717, 1.165) is 38.2 Å². The van der Waals surface area contributed by atoms with Gasteiger partial charge in [-0.1, -0.05) is 31.4 Å². The van der Waals surface area contributed by atoms with Gasteiger partial charge < -0.3 is 5.73 Å². The summed E-state index contributed by atoms with van der Waals surface area (Å²) in [5.74, 6) is -1.23. The molecule has 106 valence electrons. The zero-order valence-corrected chi connectivity index (χ0v) is 10.5. The molecule has 5 heteroatoms. The molecular formula is C14H17F4N. The van der Waals surface area contributed by atoms with Gasteiger partial charge in [0, 0.05) is 6.04 Å². The first-order valence-electron chi connectivity index (χ1n) is 6.52. The van der Waals surface area contributed by atoms with Gasteiger partial charge in [-0.05, 0) is 30.4 Å². The van der Waals surface area contributed by atoms with Crippen molar-refractivity contribution in [1.29, 1.82) is 0 Å². The van der Waals surface area contributed by atoms with Gasteiger partial charge in [-0.15, -0.1) is 0 Å².